The van der Waals surface area contributed by atoms with Crippen LogP contribution in [0.1, 0.15) is 33.6 Å². The fourth-order valence-corrected chi connectivity index (χ4v) is 2.84. The molecule has 1 aliphatic carbocycles. The number of alkyl halides is 1. The molecule has 3 nitrogen and oxygen atoms in total. The van der Waals surface area contributed by atoms with Crippen molar-refractivity contribution in [1.29, 1.82) is 0 Å². The Balaban J connectivity index is 2.42. The monoisotopic (exact) mass is 409 g/mol. The average Bonchev–Trinajstić information content (AvgIpc) is 2.42. The predicted molar refractivity (Wildman–Crippen MR) is 98.1 cm³/mol. The molecule has 0 aliphatic heterocycles. The summed E-state index contributed by atoms with van der Waals surface area (Å²) in [4.78, 5) is 4.29. The van der Waals surface area contributed by atoms with Crippen LogP contribution in [0.5, 0.6) is 0 Å². The molecule has 0 aromatic rings. The first-order valence-electron chi connectivity index (χ1n) is 7.27. The van der Waals surface area contributed by atoms with Gasteiger partial charge >= 0.3 is 0 Å². The molecule has 0 spiro atoms. The van der Waals surface area contributed by atoms with E-state index in [-0.39, 0.29) is 11.5 Å². The summed E-state index contributed by atoms with van der Waals surface area (Å²) in [5, 5.41) is 0.376. The Morgan fingerprint density at radius 1 is 1.45 bits per heavy atom. The molecule has 22 heavy (non-hydrogen) atoms. The Morgan fingerprint density at radius 2 is 2.18 bits per heavy atom. The van der Waals surface area contributed by atoms with Crippen molar-refractivity contribution in [2.45, 2.75) is 45.1 Å². The number of rotatable bonds is 7. The lowest BCUT2D eigenvalue weighted by Gasteiger charge is -2.24. The third-order valence-electron chi connectivity index (χ3n) is 2.85. The van der Waals surface area contributed by atoms with Crippen molar-refractivity contribution in [3.05, 3.63) is 33.4 Å². The number of allylic oxidation sites excluding steroid dienone is 3. The van der Waals surface area contributed by atoms with E-state index in [2.05, 4.69) is 27.8 Å². The zero-order valence-corrected chi connectivity index (χ0v) is 16.2. The first-order chi connectivity index (χ1) is 10.4. The molecule has 0 radical (unpaired) electrons. The van der Waals surface area contributed by atoms with Gasteiger partial charge in [0.15, 0.2) is 5.90 Å². The molecule has 0 aromatic heterocycles. The fourth-order valence-electron chi connectivity index (χ4n) is 1.89. The fraction of sp³-hybridized carbons (Fsp3) is 0.562. The van der Waals surface area contributed by atoms with Crippen LogP contribution in [0.15, 0.2) is 38.4 Å². The molecule has 0 saturated heterocycles. The van der Waals surface area contributed by atoms with Gasteiger partial charge in [-0.25, -0.2) is 4.99 Å². The first kappa shape index (κ1) is 19.8. The first-order valence-corrected chi connectivity index (χ1v) is 8.87. The maximum atomic E-state index is 6.24. The molecule has 0 saturated carbocycles. The van der Waals surface area contributed by atoms with Crippen molar-refractivity contribution >= 4 is 45.0 Å². The molecular formula is C16H22BrCl2NO2. The molecule has 0 aromatic carbocycles. The van der Waals surface area contributed by atoms with Crippen LogP contribution in [-0.4, -0.2) is 30.6 Å². The van der Waals surface area contributed by atoms with E-state index in [1.54, 1.807) is 6.20 Å². The SMILES string of the molecule is CCCC(=NC=C(C)Br)OCCOC1C(Cl)=CC(C)=CC1Cl. The van der Waals surface area contributed by atoms with Crippen LogP contribution in [0.4, 0.5) is 0 Å². The lowest BCUT2D eigenvalue weighted by atomic mass is 10.1. The van der Waals surface area contributed by atoms with Crippen LogP contribution in [0.3, 0.4) is 0 Å². The smallest absolute Gasteiger partial charge is 0.187 e. The van der Waals surface area contributed by atoms with E-state index in [1.807, 2.05) is 26.0 Å². The van der Waals surface area contributed by atoms with E-state index in [0.29, 0.717) is 24.1 Å². The molecule has 0 bridgehead atoms. The van der Waals surface area contributed by atoms with Gasteiger partial charge in [-0.15, -0.1) is 11.6 Å². The molecule has 1 aliphatic rings. The number of halogens is 3. The zero-order valence-electron chi connectivity index (χ0n) is 13.1. The highest BCUT2D eigenvalue weighted by Crippen LogP contribution is 2.27. The summed E-state index contributed by atoms with van der Waals surface area (Å²) in [6, 6.07) is 0. The Bertz CT molecular complexity index is 483. The molecule has 1 rings (SSSR count). The summed E-state index contributed by atoms with van der Waals surface area (Å²) >= 11 is 15.8. The topological polar surface area (TPSA) is 30.8 Å². The summed E-state index contributed by atoms with van der Waals surface area (Å²) < 4.78 is 12.3. The highest BCUT2D eigenvalue weighted by atomic mass is 79.9. The van der Waals surface area contributed by atoms with Crippen LogP contribution in [-0.2, 0) is 9.47 Å². The van der Waals surface area contributed by atoms with E-state index >= 15 is 0 Å². The van der Waals surface area contributed by atoms with Gasteiger partial charge in [0.05, 0.1) is 12.0 Å². The third kappa shape index (κ3) is 7.32. The van der Waals surface area contributed by atoms with Crippen LogP contribution < -0.4 is 0 Å². The lowest BCUT2D eigenvalue weighted by Crippen LogP contribution is -2.28. The van der Waals surface area contributed by atoms with Crippen molar-refractivity contribution in [3.8, 4) is 0 Å². The Labute approximate surface area is 151 Å². The molecule has 0 N–H and O–H groups in total. The summed E-state index contributed by atoms with van der Waals surface area (Å²) in [5.74, 6) is 0.702. The standard InChI is InChI=1S/C16H22BrCl2NO2/c1-4-5-15(20-10-12(3)17)21-6-7-22-16-13(18)8-11(2)9-14(16)19/h8-10,13,16H,4-7H2,1-3H3. The number of hydrogen-bond acceptors (Lipinski definition) is 3. The van der Waals surface area contributed by atoms with E-state index in [4.69, 9.17) is 32.7 Å². The molecule has 2 atom stereocenters. The van der Waals surface area contributed by atoms with Gasteiger partial charge in [-0.05, 0) is 26.3 Å². The predicted octanol–water partition coefficient (Wildman–Crippen LogP) is 5.53. The number of hydrogen-bond donors (Lipinski definition) is 0. The van der Waals surface area contributed by atoms with Gasteiger partial charge in [0.2, 0.25) is 0 Å². The summed E-state index contributed by atoms with van der Waals surface area (Å²) in [7, 11) is 0. The van der Waals surface area contributed by atoms with Gasteiger partial charge in [-0.1, -0.05) is 46.1 Å². The number of nitrogens with zero attached hydrogens (tertiary/aromatic N) is 1. The molecular weight excluding hydrogens is 389 g/mol. The zero-order chi connectivity index (χ0) is 16.5. The summed E-state index contributed by atoms with van der Waals surface area (Å²) in [6.45, 7) is 6.79. The molecule has 0 heterocycles. The number of aliphatic imine (C=N–C) groups is 1. The van der Waals surface area contributed by atoms with Crippen molar-refractivity contribution in [3.63, 3.8) is 0 Å². The maximum absolute atomic E-state index is 6.24. The van der Waals surface area contributed by atoms with Crippen molar-refractivity contribution < 1.29 is 9.47 Å². The minimum atomic E-state index is -0.313. The van der Waals surface area contributed by atoms with E-state index in [0.717, 1.165) is 22.9 Å². The molecule has 6 heteroatoms. The molecule has 0 amide bonds. The number of ether oxygens (including phenoxy) is 2. The van der Waals surface area contributed by atoms with E-state index < -0.39 is 0 Å². The minimum absolute atomic E-state index is 0.250. The summed E-state index contributed by atoms with van der Waals surface area (Å²) in [6.07, 6.45) is 6.99. The van der Waals surface area contributed by atoms with Gasteiger partial charge in [-0.3, -0.25) is 0 Å². The second kappa shape index (κ2) is 10.5. The summed E-state index contributed by atoms with van der Waals surface area (Å²) in [5.41, 5.74) is 1.05. The van der Waals surface area contributed by atoms with Gasteiger partial charge < -0.3 is 9.47 Å². The van der Waals surface area contributed by atoms with Gasteiger partial charge in [0, 0.05) is 22.1 Å². The molecule has 2 unspecified atom stereocenters. The van der Waals surface area contributed by atoms with Crippen molar-refractivity contribution in [2.24, 2.45) is 4.99 Å². The third-order valence-corrected chi connectivity index (χ3v) is 3.73. The maximum Gasteiger partial charge on any atom is 0.187 e. The second-order valence-corrected chi connectivity index (χ2v) is 7.20. The van der Waals surface area contributed by atoms with Crippen LogP contribution >= 0.6 is 39.1 Å². The Hall–Kier alpha value is -0.290. The van der Waals surface area contributed by atoms with Crippen molar-refractivity contribution in [2.75, 3.05) is 13.2 Å². The van der Waals surface area contributed by atoms with Crippen molar-refractivity contribution in [1.82, 2.24) is 0 Å². The molecule has 0 fully saturated rings. The lowest BCUT2D eigenvalue weighted by molar-refractivity contribution is 0.0573. The van der Waals surface area contributed by atoms with Gasteiger partial charge in [-0.2, -0.15) is 0 Å². The van der Waals surface area contributed by atoms with E-state index in [1.165, 1.54) is 0 Å². The quantitative estimate of drug-likeness (QED) is 0.239. The molecule has 124 valence electrons. The van der Waals surface area contributed by atoms with Gasteiger partial charge in [0.1, 0.15) is 12.7 Å². The van der Waals surface area contributed by atoms with Crippen LogP contribution in [0.2, 0.25) is 0 Å². The Kier molecular flexibility index (Phi) is 9.41. The van der Waals surface area contributed by atoms with Crippen LogP contribution in [0, 0.1) is 0 Å². The normalized spacial score (nSPS) is 23.2. The minimum Gasteiger partial charge on any atom is -0.478 e. The second-order valence-electron chi connectivity index (χ2n) is 5.01. The van der Waals surface area contributed by atoms with E-state index in [9.17, 15) is 0 Å². The highest BCUT2D eigenvalue weighted by molar-refractivity contribution is 9.11. The Morgan fingerprint density at radius 3 is 2.77 bits per heavy atom. The van der Waals surface area contributed by atoms with Crippen LogP contribution in [0.25, 0.3) is 0 Å². The van der Waals surface area contributed by atoms with Gasteiger partial charge in [0.25, 0.3) is 0 Å². The largest absolute Gasteiger partial charge is 0.478 e. The highest BCUT2D eigenvalue weighted by Gasteiger charge is 2.24. The average molecular weight is 411 g/mol.